The van der Waals surface area contributed by atoms with E-state index in [4.69, 9.17) is 11.5 Å². The fraction of sp³-hybridized carbons (Fsp3) is 0.188. The minimum atomic E-state index is -0.678. The molecule has 0 bridgehead atoms. The normalized spacial score (nSPS) is 10.5. The first-order valence-electron chi connectivity index (χ1n) is 6.50. The van der Waals surface area contributed by atoms with E-state index in [9.17, 15) is 9.18 Å². The van der Waals surface area contributed by atoms with E-state index >= 15 is 0 Å². The van der Waals surface area contributed by atoms with E-state index in [0.29, 0.717) is 0 Å². The van der Waals surface area contributed by atoms with E-state index in [-0.39, 0.29) is 16.9 Å². The molecule has 0 saturated carbocycles. The number of nitrogens with zero attached hydrogens (tertiary/aromatic N) is 1. The van der Waals surface area contributed by atoms with Crippen molar-refractivity contribution in [3.8, 4) is 0 Å². The third kappa shape index (κ3) is 2.97. The third-order valence-corrected chi connectivity index (χ3v) is 3.34. The van der Waals surface area contributed by atoms with Gasteiger partial charge in [-0.25, -0.2) is 4.39 Å². The second-order valence-electron chi connectivity index (χ2n) is 5.16. The molecule has 110 valence electrons. The summed E-state index contributed by atoms with van der Waals surface area (Å²) in [5.74, 6) is -1.18. The fourth-order valence-corrected chi connectivity index (χ4v) is 2.33. The second-order valence-corrected chi connectivity index (χ2v) is 5.16. The molecule has 0 saturated heterocycles. The molecular formula is C16H18FN3O. The van der Waals surface area contributed by atoms with Crippen LogP contribution in [0, 0.1) is 19.7 Å². The maximum Gasteiger partial charge on any atom is 0.250 e. The highest BCUT2D eigenvalue weighted by Crippen LogP contribution is 2.30. The highest BCUT2D eigenvalue weighted by molar-refractivity contribution is 5.99. The van der Waals surface area contributed by atoms with Crippen LogP contribution in [0.1, 0.15) is 21.5 Å². The van der Waals surface area contributed by atoms with Gasteiger partial charge in [-0.3, -0.25) is 4.79 Å². The van der Waals surface area contributed by atoms with Gasteiger partial charge in [-0.15, -0.1) is 0 Å². The third-order valence-electron chi connectivity index (χ3n) is 3.34. The Morgan fingerprint density at radius 3 is 2.19 bits per heavy atom. The molecule has 0 aromatic heterocycles. The van der Waals surface area contributed by atoms with Crippen LogP contribution in [0.3, 0.4) is 0 Å². The first kappa shape index (κ1) is 14.8. The Hall–Kier alpha value is -2.56. The topological polar surface area (TPSA) is 72.3 Å². The molecule has 21 heavy (non-hydrogen) atoms. The summed E-state index contributed by atoms with van der Waals surface area (Å²) < 4.78 is 14.2. The van der Waals surface area contributed by atoms with Crippen molar-refractivity contribution >= 4 is 23.0 Å². The van der Waals surface area contributed by atoms with Crippen LogP contribution in [0.5, 0.6) is 0 Å². The number of benzene rings is 2. The Balaban J connectivity index is 2.54. The van der Waals surface area contributed by atoms with Gasteiger partial charge < -0.3 is 16.4 Å². The van der Waals surface area contributed by atoms with Crippen LogP contribution >= 0.6 is 0 Å². The van der Waals surface area contributed by atoms with Gasteiger partial charge in [0.15, 0.2) is 0 Å². The van der Waals surface area contributed by atoms with E-state index in [1.807, 2.05) is 32.0 Å². The lowest BCUT2D eigenvalue weighted by atomic mass is 10.1. The van der Waals surface area contributed by atoms with Crippen molar-refractivity contribution in [1.82, 2.24) is 0 Å². The summed E-state index contributed by atoms with van der Waals surface area (Å²) in [5, 5.41) is 0. The number of amides is 1. The van der Waals surface area contributed by atoms with Crippen molar-refractivity contribution in [3.63, 3.8) is 0 Å². The number of hydrogen-bond acceptors (Lipinski definition) is 3. The molecule has 2 rings (SSSR count). The Morgan fingerprint density at radius 2 is 1.67 bits per heavy atom. The minimum Gasteiger partial charge on any atom is -0.398 e. The van der Waals surface area contributed by atoms with Crippen LogP contribution < -0.4 is 16.4 Å². The molecule has 4 N–H and O–H groups in total. The van der Waals surface area contributed by atoms with Crippen molar-refractivity contribution in [2.45, 2.75) is 13.8 Å². The molecule has 0 fully saturated rings. The molecule has 1 amide bonds. The number of halogens is 1. The number of aryl methyl sites for hydroxylation is 2. The van der Waals surface area contributed by atoms with Crippen molar-refractivity contribution < 1.29 is 9.18 Å². The van der Waals surface area contributed by atoms with Gasteiger partial charge in [0.05, 0.1) is 11.3 Å². The van der Waals surface area contributed by atoms with E-state index < -0.39 is 11.7 Å². The van der Waals surface area contributed by atoms with Crippen LogP contribution in [0.4, 0.5) is 21.5 Å². The zero-order chi connectivity index (χ0) is 15.7. The van der Waals surface area contributed by atoms with Crippen molar-refractivity contribution in [3.05, 3.63) is 52.8 Å². The molecule has 0 spiro atoms. The van der Waals surface area contributed by atoms with Crippen LogP contribution in [0.2, 0.25) is 0 Å². The van der Waals surface area contributed by atoms with Crippen LogP contribution in [0.25, 0.3) is 0 Å². The number of primary amides is 1. The van der Waals surface area contributed by atoms with Crippen LogP contribution in [-0.2, 0) is 0 Å². The second kappa shape index (κ2) is 5.44. The standard InChI is InChI=1S/C16H18FN3O/c1-9-4-10(2)6-11(5-9)20(3)15-7-12(16(19)21)14(18)8-13(15)17/h4-8H,18H2,1-3H3,(H2,19,21). The molecule has 4 nitrogen and oxygen atoms in total. The van der Waals surface area contributed by atoms with Gasteiger partial charge >= 0.3 is 0 Å². The van der Waals surface area contributed by atoms with Crippen LogP contribution in [0.15, 0.2) is 30.3 Å². The number of nitrogen functional groups attached to an aromatic ring is 1. The summed E-state index contributed by atoms with van der Waals surface area (Å²) in [6.07, 6.45) is 0. The van der Waals surface area contributed by atoms with E-state index in [0.717, 1.165) is 22.9 Å². The zero-order valence-electron chi connectivity index (χ0n) is 12.3. The average Bonchev–Trinajstić information content (AvgIpc) is 2.36. The lowest BCUT2D eigenvalue weighted by Crippen LogP contribution is -2.17. The molecular weight excluding hydrogens is 269 g/mol. The predicted octanol–water partition coefficient (Wildman–Crippen LogP) is 2.89. The Labute approximate surface area is 123 Å². The molecule has 0 unspecified atom stereocenters. The average molecular weight is 287 g/mol. The van der Waals surface area contributed by atoms with Gasteiger partial charge in [-0.2, -0.15) is 0 Å². The molecule has 0 heterocycles. The van der Waals surface area contributed by atoms with Gasteiger partial charge in [-0.05, 0) is 49.2 Å². The lowest BCUT2D eigenvalue weighted by molar-refractivity contribution is 0.100. The predicted molar refractivity (Wildman–Crippen MR) is 83.3 cm³/mol. The summed E-state index contributed by atoms with van der Waals surface area (Å²) in [5.41, 5.74) is 14.3. The van der Waals surface area contributed by atoms with E-state index in [2.05, 4.69) is 0 Å². The molecule has 0 aliphatic carbocycles. The molecule has 5 heteroatoms. The highest BCUT2D eigenvalue weighted by Gasteiger charge is 2.16. The van der Waals surface area contributed by atoms with Gasteiger partial charge in [-0.1, -0.05) is 6.07 Å². The Bertz CT molecular complexity index is 693. The molecule has 0 aliphatic heterocycles. The van der Waals surface area contributed by atoms with Crippen molar-refractivity contribution in [2.24, 2.45) is 5.73 Å². The summed E-state index contributed by atoms with van der Waals surface area (Å²) >= 11 is 0. The van der Waals surface area contributed by atoms with Crippen LogP contribution in [-0.4, -0.2) is 13.0 Å². The van der Waals surface area contributed by atoms with E-state index in [1.165, 1.54) is 6.07 Å². The molecule has 0 aliphatic rings. The smallest absolute Gasteiger partial charge is 0.250 e. The Kier molecular flexibility index (Phi) is 3.84. The monoisotopic (exact) mass is 287 g/mol. The largest absolute Gasteiger partial charge is 0.398 e. The molecule has 2 aromatic carbocycles. The minimum absolute atomic E-state index is 0.0394. The molecule has 0 radical (unpaired) electrons. The van der Waals surface area contributed by atoms with Crippen molar-refractivity contribution in [2.75, 3.05) is 17.7 Å². The number of carbonyl (C=O) groups excluding carboxylic acids is 1. The number of hydrogen-bond donors (Lipinski definition) is 2. The maximum absolute atomic E-state index is 14.2. The van der Waals surface area contributed by atoms with Gasteiger partial charge in [0, 0.05) is 18.4 Å². The summed E-state index contributed by atoms with van der Waals surface area (Å²) in [6.45, 7) is 3.94. The molecule has 0 atom stereocenters. The van der Waals surface area contributed by atoms with E-state index in [1.54, 1.807) is 11.9 Å². The Morgan fingerprint density at radius 1 is 1.10 bits per heavy atom. The first-order valence-corrected chi connectivity index (χ1v) is 6.50. The summed E-state index contributed by atoms with van der Waals surface area (Å²) in [7, 11) is 1.73. The molecule has 2 aromatic rings. The maximum atomic E-state index is 14.2. The zero-order valence-corrected chi connectivity index (χ0v) is 12.3. The number of carbonyl (C=O) groups is 1. The quantitative estimate of drug-likeness (QED) is 0.853. The lowest BCUT2D eigenvalue weighted by Gasteiger charge is -2.22. The first-order chi connectivity index (χ1) is 9.79. The van der Waals surface area contributed by atoms with Gasteiger partial charge in [0.25, 0.3) is 5.91 Å². The van der Waals surface area contributed by atoms with Gasteiger partial charge in [0.1, 0.15) is 5.82 Å². The fourth-order valence-electron chi connectivity index (χ4n) is 2.33. The summed E-state index contributed by atoms with van der Waals surface area (Å²) in [4.78, 5) is 13.0. The summed E-state index contributed by atoms with van der Waals surface area (Å²) in [6, 6.07) is 8.41. The van der Waals surface area contributed by atoms with Crippen molar-refractivity contribution in [1.29, 1.82) is 0 Å². The number of nitrogens with two attached hydrogens (primary N) is 2. The number of anilines is 3. The highest BCUT2D eigenvalue weighted by atomic mass is 19.1. The SMILES string of the molecule is Cc1cc(C)cc(N(C)c2cc(C(N)=O)c(N)cc2F)c1. The van der Waals surface area contributed by atoms with Gasteiger partial charge in [0.2, 0.25) is 0 Å². The number of rotatable bonds is 3.